The number of hydrogen-bond acceptors (Lipinski definition) is 24. The summed E-state index contributed by atoms with van der Waals surface area (Å²) in [5.41, 5.74) is 29.7. The number of hydrogen-bond donors (Lipinski definition) is 16. The molecule has 0 unspecified atom stereocenters. The lowest BCUT2D eigenvalue weighted by Crippen LogP contribution is -2.52. The van der Waals surface area contributed by atoms with Crippen molar-refractivity contribution in [3.63, 3.8) is 0 Å². The number of urea groups is 1. The minimum Gasteiger partial charge on any atom is -0.508 e. The number of nitrogens with zero attached hydrogens (tertiary/aromatic N) is 5. The molecule has 0 spiro atoms. The van der Waals surface area contributed by atoms with Crippen molar-refractivity contribution in [3.05, 3.63) is 77.7 Å². The summed E-state index contributed by atoms with van der Waals surface area (Å²) in [7, 11) is 1.83. The number of carboxylic acid groups (broad SMARTS) is 2. The minimum atomic E-state index is -1.88. The van der Waals surface area contributed by atoms with Gasteiger partial charge >= 0.3 is 18.0 Å². The number of aromatic amines is 1. The number of carboxylic acids is 2. The maximum atomic E-state index is 15.5. The predicted octanol–water partition coefficient (Wildman–Crippen LogP) is -0.785. The van der Waals surface area contributed by atoms with Crippen molar-refractivity contribution in [2.45, 2.75) is 184 Å². The maximum Gasteiger partial charge on any atom is 0.312 e. The Balaban J connectivity index is 1.40. The van der Waals surface area contributed by atoms with Gasteiger partial charge in [0.15, 0.2) is 40.7 Å². The Kier molecular flexibility index (Phi) is 34.8. The molecule has 39 heteroatoms. The number of aliphatic imine (C=N–C) groups is 1. The number of amides is 9. The predicted molar refractivity (Wildman–Crippen MR) is 411 cm³/mol. The van der Waals surface area contributed by atoms with Gasteiger partial charge in [-0.3, -0.25) is 81.6 Å². The van der Waals surface area contributed by atoms with Gasteiger partial charge in [0.1, 0.15) is 11.8 Å². The number of carbonyl (C=O) groups is 16. The number of rotatable bonds is 24. The molecule has 37 nitrogen and oxygen atoms in total. The number of phenolic OH excluding ortho intramolecular Hbond substituents is 1. The molecule has 614 valence electrons. The number of aliphatic hydroxyl groups excluding tert-OH is 1. The van der Waals surface area contributed by atoms with Gasteiger partial charge in [-0.25, -0.2) is 4.79 Å². The largest absolute Gasteiger partial charge is 0.508 e. The fraction of sp³-hybridized carbons (Fsp3) is 0.554. The number of carbonyl (C=O) groups excluding carboxylic acids is 14. The van der Waals surface area contributed by atoms with Gasteiger partial charge in [-0.2, -0.15) is 0 Å². The van der Waals surface area contributed by atoms with Crippen molar-refractivity contribution in [2.75, 3.05) is 37.7 Å². The van der Waals surface area contributed by atoms with E-state index >= 15 is 24.0 Å². The van der Waals surface area contributed by atoms with Crippen molar-refractivity contribution >= 4 is 132 Å². The monoisotopic (exact) mass is 1610 g/mol. The standard InChI is InChI=1S/C74H101N17O20S2/c1-39(92)66-62(99)31-45(33-65(102)103)71(108)91-23-7-13-56(91)61(98)29-42(8-4-20-80-73(77)78)68(105)86-55-38-113-112-37-54(83-64(101)34-75)60(97)30-44(70(107)87-66)25-48-36-90(89-88-48)22-6-12-52(57(94)32-46(72(109)110)24-40-14-17-49(93)18-15-40)84-69(106)43(16-19-63(76)100)28-58(95)53(26-47-35-82-51-11-3-2-10-50(47)51)85-67(104)41(27-59(55)96)9-5-21-81-74(79)111/h2-3,10-11,14-15,17-18,35-36,39,41-46,52-56,66,82,92-93H,4-9,12-13,16,19-34,37-38,75H2,1H3,(H2,76,100)(H,83,101)(H,84,106)(H,85,104)(H,86,105)(H,87,107)(H,102,103)(H,109,110)(H4,77,78,80)(H3,79,81,111)/t39-,41-,42-,43-,44-,45+,46+,52+,53+,54+,55+,56+,66+/m1/s1. The van der Waals surface area contributed by atoms with Crippen molar-refractivity contribution in [1.82, 2.24) is 56.8 Å². The summed E-state index contributed by atoms with van der Waals surface area (Å²) in [6.07, 6.45) is -6.32. The molecule has 2 fully saturated rings. The number of aromatic nitrogens is 4. The molecule has 7 rings (SSSR count). The Morgan fingerprint density at radius 1 is 0.708 bits per heavy atom. The summed E-state index contributed by atoms with van der Waals surface area (Å²) in [4.78, 5) is 237. The SMILES string of the molecule is C[C@@H](O)[C@@H]1NC(=O)[C@H]2CC(=O)[C@@H](NC(=O)CN)CSSC[C@H](NC(=O)[C@H](CCCN=C(N)N)CC(=O)[C@@H]3CCCN3C(=O)[C@H](CC(=O)O)CC1=O)C(=O)C[C@@H](CCCNC(N)=O)C(=O)N[C@@H](Cc1c[nH]c3ccccc13)C(=O)C[C@@H](CCC(N)=O)C(=O)N[C@H](C(=O)C[C@H](Cc1ccc(O)cc1)C(=O)O)CCCn1cc(nn1)C2. The van der Waals surface area contributed by atoms with E-state index in [1.54, 1.807) is 30.5 Å². The molecule has 3 aliphatic heterocycles. The average molecular weight is 1610 g/mol. The van der Waals surface area contributed by atoms with E-state index in [1.807, 2.05) is 0 Å². The number of nitrogens with two attached hydrogens (primary N) is 5. The van der Waals surface area contributed by atoms with Crippen LogP contribution in [0.1, 0.15) is 133 Å². The zero-order valence-corrected chi connectivity index (χ0v) is 64.3. The van der Waals surface area contributed by atoms with Crippen LogP contribution in [0.25, 0.3) is 10.9 Å². The van der Waals surface area contributed by atoms with Crippen molar-refractivity contribution < 1.29 is 97.1 Å². The van der Waals surface area contributed by atoms with Crippen LogP contribution in [0.3, 0.4) is 0 Å². The maximum absolute atomic E-state index is 15.5. The third-order valence-corrected chi connectivity index (χ3v) is 22.5. The molecule has 4 aromatic rings. The van der Waals surface area contributed by atoms with Crippen LogP contribution < -0.4 is 60.6 Å². The van der Waals surface area contributed by atoms with Gasteiger partial charge in [0.25, 0.3) is 0 Å². The highest BCUT2D eigenvalue weighted by atomic mass is 33.1. The van der Waals surface area contributed by atoms with E-state index in [2.05, 4.69) is 52.2 Å². The number of aliphatic carboxylic acids is 2. The summed E-state index contributed by atoms with van der Waals surface area (Å²) >= 11 is 0. The van der Waals surface area contributed by atoms with Crippen LogP contribution in [0.2, 0.25) is 0 Å². The molecule has 21 N–H and O–H groups in total. The van der Waals surface area contributed by atoms with Crippen LogP contribution in [0.5, 0.6) is 5.75 Å². The fourth-order valence-corrected chi connectivity index (χ4v) is 16.4. The smallest absolute Gasteiger partial charge is 0.312 e. The van der Waals surface area contributed by atoms with Gasteiger partial charge in [0.05, 0.1) is 72.7 Å². The molecule has 2 aromatic heterocycles. The van der Waals surface area contributed by atoms with Gasteiger partial charge in [0, 0.05) is 137 Å². The highest BCUT2D eigenvalue weighted by molar-refractivity contribution is 8.76. The summed E-state index contributed by atoms with van der Waals surface area (Å²) in [6, 6.07) is 2.33. The molecule has 0 saturated carbocycles. The summed E-state index contributed by atoms with van der Waals surface area (Å²) in [5, 5.41) is 66.8. The van der Waals surface area contributed by atoms with E-state index in [0.29, 0.717) is 22.0 Å². The van der Waals surface area contributed by atoms with Crippen LogP contribution in [-0.2, 0) is 97.7 Å². The first-order valence-corrected chi connectivity index (χ1v) is 39.9. The normalized spacial score (nSPS) is 24.2. The van der Waals surface area contributed by atoms with Gasteiger partial charge in [-0.1, -0.05) is 57.1 Å². The molecule has 5 heterocycles. The number of primary amides is 2. The lowest BCUT2D eigenvalue weighted by atomic mass is 9.88. The quantitative estimate of drug-likeness (QED) is 0.0177. The summed E-state index contributed by atoms with van der Waals surface area (Å²) in [5.74, 6) is -24.4. The Hall–Kier alpha value is -10.7. The van der Waals surface area contributed by atoms with Gasteiger partial charge < -0.3 is 90.9 Å². The zero-order valence-electron chi connectivity index (χ0n) is 62.6. The van der Waals surface area contributed by atoms with E-state index in [-0.39, 0.29) is 119 Å². The second-order valence-electron chi connectivity index (χ2n) is 28.8. The zero-order chi connectivity index (χ0) is 82.6. The number of Topliss-reactive ketones (excluding diaryl/α,β-unsaturated/α-hetero) is 6. The van der Waals surface area contributed by atoms with Crippen molar-refractivity contribution in [3.8, 4) is 5.75 Å². The molecular formula is C74H101N17O20S2. The molecule has 113 heavy (non-hydrogen) atoms. The number of aryl methyl sites for hydroxylation is 1. The van der Waals surface area contributed by atoms with Crippen LogP contribution in [0.4, 0.5) is 4.79 Å². The average Bonchev–Trinajstić information content (AvgIpc) is 1.72. The van der Waals surface area contributed by atoms with E-state index in [4.69, 9.17) is 28.7 Å². The highest BCUT2D eigenvalue weighted by Gasteiger charge is 2.43. The first-order valence-electron chi connectivity index (χ1n) is 37.4. The Morgan fingerprint density at radius 3 is 2.04 bits per heavy atom. The van der Waals surface area contributed by atoms with Gasteiger partial charge in [-0.05, 0) is 100 Å². The number of benzene rings is 2. The van der Waals surface area contributed by atoms with Gasteiger partial charge in [-0.15, -0.1) is 5.10 Å². The number of nitrogens with one attached hydrogen (secondary N) is 7. The lowest BCUT2D eigenvalue weighted by molar-refractivity contribution is -0.148. The summed E-state index contributed by atoms with van der Waals surface area (Å²) in [6.45, 7) is 0.0922. The molecule has 0 radical (unpaired) electrons. The Labute approximate surface area is 657 Å². The van der Waals surface area contributed by atoms with Crippen LogP contribution in [-0.4, -0.2) is 225 Å². The Bertz CT molecular complexity index is 4130. The third kappa shape index (κ3) is 28.2. The molecule has 4 bridgehead atoms. The highest BCUT2D eigenvalue weighted by Crippen LogP contribution is 2.31. The van der Waals surface area contributed by atoms with Crippen LogP contribution in [0.15, 0.2) is 65.9 Å². The van der Waals surface area contributed by atoms with E-state index in [1.165, 1.54) is 35.1 Å². The first kappa shape index (κ1) is 89.5. The van der Waals surface area contributed by atoms with Gasteiger partial charge in [0.2, 0.25) is 41.4 Å². The molecule has 13 atom stereocenters. The van der Waals surface area contributed by atoms with E-state index in [0.717, 1.165) is 33.4 Å². The lowest BCUT2D eigenvalue weighted by Gasteiger charge is -2.30. The van der Waals surface area contributed by atoms with E-state index < -0.39 is 243 Å². The van der Waals surface area contributed by atoms with Crippen LogP contribution >= 0.6 is 21.6 Å². The second kappa shape index (κ2) is 44.0. The second-order valence-corrected chi connectivity index (χ2v) is 31.3. The van der Waals surface area contributed by atoms with E-state index in [9.17, 15) is 73.2 Å². The third-order valence-electron chi connectivity index (χ3n) is 20.1. The number of ketones is 6. The number of guanidine groups is 1. The number of phenols is 1. The number of fused-ring (bicyclic) bond motifs is 12. The fourth-order valence-electron chi connectivity index (χ4n) is 14.0. The topological polar surface area (TPSA) is 618 Å². The van der Waals surface area contributed by atoms with Crippen molar-refractivity contribution in [1.29, 1.82) is 0 Å². The summed E-state index contributed by atoms with van der Waals surface area (Å²) < 4.78 is 1.28. The van der Waals surface area contributed by atoms with Crippen molar-refractivity contribution in [2.24, 2.45) is 69.2 Å². The number of H-pyrrole nitrogens is 1. The number of aliphatic hydroxyl groups is 1. The number of para-hydroxylation sites is 1. The number of aromatic hydroxyl groups is 1. The first-order chi connectivity index (χ1) is 53.8. The molecule has 2 aromatic carbocycles. The minimum absolute atomic E-state index is 0.0247. The molecule has 2 saturated heterocycles. The Morgan fingerprint density at radius 2 is 1.36 bits per heavy atom. The molecular weight excluding hydrogens is 1510 g/mol. The molecule has 0 aliphatic carbocycles. The molecule has 9 amide bonds. The molecule has 3 aliphatic rings. The van der Waals surface area contributed by atoms with Crippen LogP contribution in [0, 0.1) is 35.5 Å².